The van der Waals surface area contributed by atoms with Crippen LogP contribution in [0.15, 0.2) is 36.4 Å². The Morgan fingerprint density at radius 3 is 2.30 bits per heavy atom. The molecule has 2 rings (SSSR count). The molecule has 0 amide bonds. The molecule has 5 heteroatoms. The monoisotopic (exact) mass is 280 g/mol. The van der Waals surface area contributed by atoms with E-state index < -0.39 is 11.6 Å². The van der Waals surface area contributed by atoms with Crippen LogP contribution in [0.25, 0.3) is 0 Å². The molecule has 106 valence electrons. The van der Waals surface area contributed by atoms with Gasteiger partial charge in [-0.3, -0.25) is 11.3 Å². The Hall–Kier alpha value is -1.85. The van der Waals surface area contributed by atoms with E-state index in [1.54, 1.807) is 19.1 Å². The van der Waals surface area contributed by atoms with Crippen LogP contribution in [0.1, 0.15) is 22.7 Å². The minimum atomic E-state index is -0.895. The van der Waals surface area contributed by atoms with Crippen molar-refractivity contribution in [1.82, 2.24) is 5.43 Å². The average molecular weight is 280 g/mol. The third kappa shape index (κ3) is 3.18. The SMILES string of the molecule is Cc1cc(C(Cc2ccc(F)c(F)c2)NN)ccc1F. The number of hydrogen-bond donors (Lipinski definition) is 2. The Bertz CT molecular complexity index is 614. The molecule has 1 atom stereocenters. The van der Waals surface area contributed by atoms with E-state index in [9.17, 15) is 13.2 Å². The quantitative estimate of drug-likeness (QED) is 0.667. The molecule has 0 radical (unpaired) electrons. The van der Waals surface area contributed by atoms with Crippen LogP contribution in [-0.4, -0.2) is 0 Å². The molecule has 0 bridgehead atoms. The minimum absolute atomic E-state index is 0.294. The van der Waals surface area contributed by atoms with Crippen LogP contribution in [0.2, 0.25) is 0 Å². The van der Waals surface area contributed by atoms with Crippen LogP contribution >= 0.6 is 0 Å². The molecule has 0 aliphatic rings. The van der Waals surface area contributed by atoms with E-state index in [1.807, 2.05) is 0 Å². The molecule has 0 aliphatic heterocycles. The van der Waals surface area contributed by atoms with Crippen LogP contribution in [0, 0.1) is 24.4 Å². The van der Waals surface area contributed by atoms with Gasteiger partial charge in [-0.2, -0.15) is 0 Å². The molecular formula is C15H15F3N2. The highest BCUT2D eigenvalue weighted by molar-refractivity contribution is 5.28. The zero-order valence-electron chi connectivity index (χ0n) is 11.0. The maximum atomic E-state index is 13.2. The van der Waals surface area contributed by atoms with E-state index in [-0.39, 0.29) is 11.9 Å². The molecule has 20 heavy (non-hydrogen) atoms. The highest BCUT2D eigenvalue weighted by atomic mass is 19.2. The molecular weight excluding hydrogens is 265 g/mol. The summed E-state index contributed by atoms with van der Waals surface area (Å²) in [7, 11) is 0. The van der Waals surface area contributed by atoms with E-state index in [2.05, 4.69) is 5.43 Å². The van der Waals surface area contributed by atoms with Gasteiger partial charge in [-0.15, -0.1) is 0 Å². The highest BCUT2D eigenvalue weighted by Gasteiger charge is 2.13. The number of aryl methyl sites for hydroxylation is 1. The van der Waals surface area contributed by atoms with Gasteiger partial charge in [0, 0.05) is 6.04 Å². The van der Waals surface area contributed by atoms with E-state index in [1.165, 1.54) is 12.1 Å². The van der Waals surface area contributed by atoms with Gasteiger partial charge >= 0.3 is 0 Å². The second-order valence-electron chi connectivity index (χ2n) is 4.68. The van der Waals surface area contributed by atoms with Gasteiger partial charge in [-0.1, -0.05) is 18.2 Å². The number of rotatable bonds is 4. The van der Waals surface area contributed by atoms with Gasteiger partial charge in [0.15, 0.2) is 11.6 Å². The number of nitrogens with one attached hydrogen (secondary N) is 1. The molecule has 2 aromatic carbocycles. The van der Waals surface area contributed by atoms with Gasteiger partial charge in [0.25, 0.3) is 0 Å². The van der Waals surface area contributed by atoms with Crippen molar-refractivity contribution in [3.05, 3.63) is 70.5 Å². The van der Waals surface area contributed by atoms with Gasteiger partial charge in [0.2, 0.25) is 0 Å². The summed E-state index contributed by atoms with van der Waals surface area (Å²) in [4.78, 5) is 0. The van der Waals surface area contributed by atoms with Crippen LogP contribution in [-0.2, 0) is 6.42 Å². The second-order valence-corrected chi connectivity index (χ2v) is 4.68. The third-order valence-electron chi connectivity index (χ3n) is 3.21. The molecule has 2 nitrogen and oxygen atoms in total. The number of halogens is 3. The van der Waals surface area contributed by atoms with Crippen LogP contribution in [0.3, 0.4) is 0 Å². The maximum Gasteiger partial charge on any atom is 0.159 e. The number of hydrazine groups is 1. The largest absolute Gasteiger partial charge is 0.271 e. The van der Waals surface area contributed by atoms with Gasteiger partial charge < -0.3 is 0 Å². The summed E-state index contributed by atoms with van der Waals surface area (Å²) in [6.07, 6.45) is 0.374. The first-order valence-corrected chi connectivity index (χ1v) is 6.17. The Morgan fingerprint density at radius 1 is 1.00 bits per heavy atom. The van der Waals surface area contributed by atoms with Crippen LogP contribution in [0.4, 0.5) is 13.2 Å². The van der Waals surface area contributed by atoms with E-state index in [0.717, 1.165) is 17.7 Å². The normalized spacial score (nSPS) is 12.4. The van der Waals surface area contributed by atoms with Gasteiger partial charge in [0.05, 0.1) is 0 Å². The first-order chi connectivity index (χ1) is 9.51. The van der Waals surface area contributed by atoms with Crippen molar-refractivity contribution in [2.24, 2.45) is 5.84 Å². The van der Waals surface area contributed by atoms with Crippen molar-refractivity contribution < 1.29 is 13.2 Å². The lowest BCUT2D eigenvalue weighted by atomic mass is 9.98. The second kappa shape index (κ2) is 6.07. The van der Waals surface area contributed by atoms with Gasteiger partial charge in [-0.05, 0) is 48.2 Å². The lowest BCUT2D eigenvalue weighted by molar-refractivity contribution is 0.502. The molecule has 0 heterocycles. The fourth-order valence-corrected chi connectivity index (χ4v) is 2.06. The summed E-state index contributed by atoms with van der Waals surface area (Å²) in [5, 5.41) is 0. The molecule has 0 spiro atoms. The Labute approximate surface area is 115 Å². The zero-order chi connectivity index (χ0) is 14.7. The number of hydrogen-bond acceptors (Lipinski definition) is 2. The molecule has 0 aliphatic carbocycles. The zero-order valence-corrected chi connectivity index (χ0v) is 11.0. The summed E-state index contributed by atoms with van der Waals surface area (Å²) < 4.78 is 39.3. The predicted octanol–water partition coefficient (Wildman–Crippen LogP) is 3.16. The van der Waals surface area contributed by atoms with Crippen molar-refractivity contribution >= 4 is 0 Å². The molecule has 1 unspecified atom stereocenters. The van der Waals surface area contributed by atoms with E-state index >= 15 is 0 Å². The molecule has 0 saturated heterocycles. The van der Waals surface area contributed by atoms with Crippen LogP contribution in [0.5, 0.6) is 0 Å². The molecule has 0 fully saturated rings. The van der Waals surface area contributed by atoms with Crippen molar-refractivity contribution in [2.75, 3.05) is 0 Å². The maximum absolute atomic E-state index is 13.2. The number of nitrogens with two attached hydrogens (primary N) is 1. The van der Waals surface area contributed by atoms with Crippen LogP contribution < -0.4 is 11.3 Å². The molecule has 0 saturated carbocycles. The summed E-state index contributed by atoms with van der Waals surface area (Å²) in [5.74, 6) is 3.42. The summed E-state index contributed by atoms with van der Waals surface area (Å²) in [5.41, 5.74) is 4.51. The Kier molecular flexibility index (Phi) is 4.42. The highest BCUT2D eigenvalue weighted by Crippen LogP contribution is 2.21. The van der Waals surface area contributed by atoms with Crippen molar-refractivity contribution in [3.63, 3.8) is 0 Å². The Morgan fingerprint density at radius 2 is 1.70 bits per heavy atom. The van der Waals surface area contributed by atoms with Crippen molar-refractivity contribution in [1.29, 1.82) is 0 Å². The standard InChI is InChI=1S/C15H15F3N2/c1-9-6-11(3-5-12(9)16)15(20-19)8-10-2-4-13(17)14(18)7-10/h2-7,15,20H,8,19H2,1H3. The molecule has 0 aromatic heterocycles. The third-order valence-corrected chi connectivity index (χ3v) is 3.21. The Balaban J connectivity index is 2.23. The fourth-order valence-electron chi connectivity index (χ4n) is 2.06. The summed E-state index contributed by atoms with van der Waals surface area (Å²) in [6.45, 7) is 1.66. The fraction of sp³-hybridized carbons (Fsp3) is 0.200. The first-order valence-electron chi connectivity index (χ1n) is 6.17. The molecule has 3 N–H and O–H groups in total. The smallest absolute Gasteiger partial charge is 0.159 e. The minimum Gasteiger partial charge on any atom is -0.271 e. The predicted molar refractivity (Wildman–Crippen MR) is 71.3 cm³/mol. The lowest BCUT2D eigenvalue weighted by Gasteiger charge is -2.17. The van der Waals surface area contributed by atoms with E-state index in [0.29, 0.717) is 17.5 Å². The van der Waals surface area contributed by atoms with E-state index in [4.69, 9.17) is 5.84 Å². The lowest BCUT2D eigenvalue weighted by Crippen LogP contribution is -2.29. The average Bonchev–Trinajstić information content (AvgIpc) is 2.43. The topological polar surface area (TPSA) is 38.0 Å². The van der Waals surface area contributed by atoms with Gasteiger partial charge in [0.1, 0.15) is 5.82 Å². The van der Waals surface area contributed by atoms with Crippen molar-refractivity contribution in [2.45, 2.75) is 19.4 Å². The number of benzene rings is 2. The first kappa shape index (κ1) is 14.6. The summed E-state index contributed by atoms with van der Waals surface area (Å²) in [6, 6.07) is 8.06. The van der Waals surface area contributed by atoms with Gasteiger partial charge in [-0.25, -0.2) is 13.2 Å². The molecule has 2 aromatic rings. The van der Waals surface area contributed by atoms with Crippen molar-refractivity contribution in [3.8, 4) is 0 Å². The summed E-state index contributed by atoms with van der Waals surface area (Å²) >= 11 is 0.